The summed E-state index contributed by atoms with van der Waals surface area (Å²) in [7, 11) is 0. The van der Waals surface area contributed by atoms with Crippen molar-refractivity contribution in [1.82, 2.24) is 0 Å². The molecule has 0 unspecified atom stereocenters. The normalized spacial score (nSPS) is 15.9. The van der Waals surface area contributed by atoms with Crippen LogP contribution in [0.4, 0.5) is 0 Å². The van der Waals surface area contributed by atoms with Gasteiger partial charge in [0.1, 0.15) is 0 Å². The third-order valence-corrected chi connectivity index (χ3v) is 3.89. The van der Waals surface area contributed by atoms with Gasteiger partial charge in [0.25, 0.3) is 0 Å². The highest BCUT2D eigenvalue weighted by atomic mass is 16.3. The van der Waals surface area contributed by atoms with Gasteiger partial charge < -0.3 is 5.11 Å². The van der Waals surface area contributed by atoms with Crippen molar-refractivity contribution in [2.75, 3.05) is 0 Å². The van der Waals surface area contributed by atoms with E-state index in [0.717, 1.165) is 12.0 Å². The van der Waals surface area contributed by atoms with Crippen LogP contribution in [-0.2, 0) is 5.41 Å². The van der Waals surface area contributed by atoms with Gasteiger partial charge in [0.2, 0.25) is 0 Å². The minimum Gasteiger partial charge on any atom is -0.387 e. The van der Waals surface area contributed by atoms with Gasteiger partial charge in [-0.25, -0.2) is 0 Å². The van der Waals surface area contributed by atoms with Gasteiger partial charge in [-0.15, -0.1) is 0 Å². The maximum absolute atomic E-state index is 10.7. The first-order valence-corrected chi connectivity index (χ1v) is 6.47. The molecule has 94 valence electrons. The van der Waals surface area contributed by atoms with Crippen LogP contribution in [-0.4, -0.2) is 5.11 Å². The fraction of sp³-hybridized carbons (Fsp3) is 0.294. The summed E-state index contributed by atoms with van der Waals surface area (Å²) in [5, 5.41) is 10.7. The molecule has 0 spiro atoms. The zero-order valence-electron chi connectivity index (χ0n) is 11.0. The highest BCUT2D eigenvalue weighted by Gasteiger charge is 2.33. The smallest absolute Gasteiger partial charge is 0.0883 e. The highest BCUT2D eigenvalue weighted by molar-refractivity contribution is 5.31. The molecule has 1 nitrogen and oxygen atoms in total. The van der Waals surface area contributed by atoms with Crippen molar-refractivity contribution in [2.45, 2.75) is 31.8 Å². The van der Waals surface area contributed by atoms with Crippen molar-refractivity contribution < 1.29 is 5.11 Å². The summed E-state index contributed by atoms with van der Waals surface area (Å²) in [4.78, 5) is 0. The quantitative estimate of drug-likeness (QED) is 0.853. The Balaban J connectivity index is 2.39. The second kappa shape index (κ2) is 5.36. The minimum atomic E-state index is -0.480. The Kier molecular flexibility index (Phi) is 3.83. The van der Waals surface area contributed by atoms with Crippen molar-refractivity contribution in [3.8, 4) is 0 Å². The lowest BCUT2D eigenvalue weighted by Crippen LogP contribution is -2.29. The Morgan fingerprint density at radius 2 is 1.44 bits per heavy atom. The third-order valence-electron chi connectivity index (χ3n) is 3.89. The van der Waals surface area contributed by atoms with Crippen LogP contribution in [0.1, 0.15) is 37.5 Å². The standard InChI is InChI=1S/C17H20O/c1-3-17(2,15-12-8-5-9-13-15)16(18)14-10-6-4-7-11-14/h4-13,16,18H,3H2,1-2H3/t16-,17+/m1/s1. The van der Waals surface area contributed by atoms with Gasteiger partial charge in [-0.05, 0) is 17.5 Å². The monoisotopic (exact) mass is 240 g/mol. The molecule has 2 rings (SSSR count). The first-order chi connectivity index (χ1) is 8.68. The van der Waals surface area contributed by atoms with Crippen LogP contribution < -0.4 is 0 Å². The molecule has 0 heterocycles. The van der Waals surface area contributed by atoms with E-state index < -0.39 is 6.10 Å². The summed E-state index contributed by atoms with van der Waals surface area (Å²) in [5.41, 5.74) is 1.91. The summed E-state index contributed by atoms with van der Waals surface area (Å²) < 4.78 is 0. The lowest BCUT2D eigenvalue weighted by Gasteiger charge is -2.34. The molecule has 0 aromatic heterocycles. The SMILES string of the molecule is CC[C@@](C)(c1ccccc1)[C@H](O)c1ccccc1. The number of hydrogen-bond acceptors (Lipinski definition) is 1. The Labute approximate surface area is 109 Å². The molecule has 1 heteroatoms. The molecule has 0 aliphatic rings. The van der Waals surface area contributed by atoms with Crippen LogP contribution in [0, 0.1) is 0 Å². The first kappa shape index (κ1) is 12.8. The molecule has 2 aromatic rings. The van der Waals surface area contributed by atoms with E-state index in [2.05, 4.69) is 26.0 Å². The van der Waals surface area contributed by atoms with E-state index >= 15 is 0 Å². The van der Waals surface area contributed by atoms with E-state index in [1.165, 1.54) is 5.56 Å². The van der Waals surface area contributed by atoms with E-state index in [0.29, 0.717) is 0 Å². The molecule has 0 aliphatic heterocycles. The summed E-state index contributed by atoms with van der Waals surface area (Å²) in [6.45, 7) is 4.25. The predicted molar refractivity (Wildman–Crippen MR) is 75.5 cm³/mol. The van der Waals surface area contributed by atoms with Gasteiger partial charge in [-0.3, -0.25) is 0 Å². The fourth-order valence-corrected chi connectivity index (χ4v) is 2.38. The third kappa shape index (κ3) is 2.32. The number of benzene rings is 2. The van der Waals surface area contributed by atoms with Crippen molar-refractivity contribution in [1.29, 1.82) is 0 Å². The molecule has 2 aromatic carbocycles. The van der Waals surface area contributed by atoms with Crippen LogP contribution in [0.5, 0.6) is 0 Å². The zero-order valence-corrected chi connectivity index (χ0v) is 11.0. The van der Waals surface area contributed by atoms with E-state index in [1.807, 2.05) is 48.5 Å². The molecule has 1 N–H and O–H groups in total. The van der Waals surface area contributed by atoms with Crippen molar-refractivity contribution in [2.24, 2.45) is 0 Å². The van der Waals surface area contributed by atoms with E-state index in [9.17, 15) is 5.11 Å². The maximum atomic E-state index is 10.7. The van der Waals surface area contributed by atoms with Crippen molar-refractivity contribution >= 4 is 0 Å². The molecule has 0 bridgehead atoms. The molecule has 0 radical (unpaired) electrons. The molecule has 18 heavy (non-hydrogen) atoms. The van der Waals surface area contributed by atoms with E-state index in [4.69, 9.17) is 0 Å². The minimum absolute atomic E-state index is 0.247. The van der Waals surface area contributed by atoms with Crippen LogP contribution >= 0.6 is 0 Å². The summed E-state index contributed by atoms with van der Waals surface area (Å²) >= 11 is 0. The lowest BCUT2D eigenvalue weighted by molar-refractivity contribution is 0.0869. The largest absolute Gasteiger partial charge is 0.387 e. The van der Waals surface area contributed by atoms with Crippen LogP contribution in [0.2, 0.25) is 0 Å². The molecule has 0 saturated heterocycles. The van der Waals surface area contributed by atoms with Gasteiger partial charge in [0.15, 0.2) is 0 Å². The first-order valence-electron chi connectivity index (χ1n) is 6.47. The maximum Gasteiger partial charge on any atom is 0.0883 e. The summed E-state index contributed by atoms with van der Waals surface area (Å²) in [6, 6.07) is 20.1. The summed E-state index contributed by atoms with van der Waals surface area (Å²) in [6.07, 6.45) is 0.415. The number of rotatable bonds is 4. The molecule has 0 fully saturated rings. The molecular weight excluding hydrogens is 220 g/mol. The van der Waals surface area contributed by atoms with Gasteiger partial charge >= 0.3 is 0 Å². The predicted octanol–water partition coefficient (Wildman–Crippen LogP) is 4.09. The van der Waals surface area contributed by atoms with Crippen LogP contribution in [0.3, 0.4) is 0 Å². The number of aliphatic hydroxyl groups excluding tert-OH is 1. The zero-order chi connectivity index (χ0) is 13.0. The lowest BCUT2D eigenvalue weighted by atomic mass is 9.73. The van der Waals surface area contributed by atoms with Gasteiger partial charge in [-0.1, -0.05) is 74.5 Å². The number of aliphatic hydroxyl groups is 1. The average molecular weight is 240 g/mol. The molecule has 0 saturated carbocycles. The van der Waals surface area contributed by atoms with Crippen molar-refractivity contribution in [3.63, 3.8) is 0 Å². The van der Waals surface area contributed by atoms with Crippen LogP contribution in [0.25, 0.3) is 0 Å². The second-order valence-electron chi connectivity index (χ2n) is 4.95. The van der Waals surface area contributed by atoms with Crippen LogP contribution in [0.15, 0.2) is 60.7 Å². The topological polar surface area (TPSA) is 20.2 Å². The second-order valence-corrected chi connectivity index (χ2v) is 4.95. The molecule has 0 aliphatic carbocycles. The Morgan fingerprint density at radius 1 is 0.944 bits per heavy atom. The van der Waals surface area contributed by atoms with Gasteiger partial charge in [0.05, 0.1) is 6.10 Å². The van der Waals surface area contributed by atoms with Crippen molar-refractivity contribution in [3.05, 3.63) is 71.8 Å². The fourth-order valence-electron chi connectivity index (χ4n) is 2.38. The van der Waals surface area contributed by atoms with Gasteiger partial charge in [-0.2, -0.15) is 0 Å². The molecular formula is C17H20O. The Bertz CT molecular complexity index is 477. The van der Waals surface area contributed by atoms with E-state index in [-0.39, 0.29) is 5.41 Å². The molecule has 0 amide bonds. The average Bonchev–Trinajstić information content (AvgIpc) is 2.47. The van der Waals surface area contributed by atoms with Gasteiger partial charge in [0, 0.05) is 5.41 Å². The Hall–Kier alpha value is -1.60. The highest BCUT2D eigenvalue weighted by Crippen LogP contribution is 2.39. The number of hydrogen-bond donors (Lipinski definition) is 1. The van der Waals surface area contributed by atoms with E-state index in [1.54, 1.807) is 0 Å². The Morgan fingerprint density at radius 3 is 1.94 bits per heavy atom. The molecule has 2 atom stereocenters. The summed E-state index contributed by atoms with van der Waals surface area (Å²) in [5.74, 6) is 0.